The van der Waals surface area contributed by atoms with E-state index in [1.165, 1.54) is 0 Å². The summed E-state index contributed by atoms with van der Waals surface area (Å²) in [5.41, 5.74) is 2.97. The molecule has 2 rings (SSSR count). The first-order valence-corrected chi connectivity index (χ1v) is 4.52. The molecule has 1 N–H and O–H groups in total. The molecule has 72 valence electrons. The first-order valence-electron chi connectivity index (χ1n) is 4.52. The van der Waals surface area contributed by atoms with Gasteiger partial charge in [-0.2, -0.15) is 5.10 Å². The van der Waals surface area contributed by atoms with Gasteiger partial charge in [-0.25, -0.2) is 4.68 Å². The van der Waals surface area contributed by atoms with Crippen molar-refractivity contribution in [1.29, 1.82) is 0 Å². The van der Waals surface area contributed by atoms with Gasteiger partial charge in [0.05, 0.1) is 12.3 Å². The highest BCUT2D eigenvalue weighted by molar-refractivity contribution is 5.36. The SMILES string of the molecule is Cc1ccnn1-c1cccc(CO)c1. The molecule has 14 heavy (non-hydrogen) atoms. The predicted octanol–water partition coefficient (Wildman–Crippen LogP) is 1.67. The molecule has 0 unspecified atom stereocenters. The van der Waals surface area contributed by atoms with Gasteiger partial charge in [-0.15, -0.1) is 0 Å². The Balaban J connectivity index is 2.47. The maximum Gasteiger partial charge on any atom is 0.0682 e. The van der Waals surface area contributed by atoms with Crippen LogP contribution >= 0.6 is 0 Å². The highest BCUT2D eigenvalue weighted by atomic mass is 16.3. The van der Waals surface area contributed by atoms with E-state index in [0.717, 1.165) is 16.9 Å². The number of hydrogen-bond donors (Lipinski definition) is 1. The molecule has 0 saturated carbocycles. The highest BCUT2D eigenvalue weighted by Crippen LogP contribution is 2.11. The molecule has 0 fully saturated rings. The Hall–Kier alpha value is -1.61. The first kappa shape index (κ1) is 8.97. The van der Waals surface area contributed by atoms with E-state index in [1.54, 1.807) is 6.20 Å². The molecule has 0 amide bonds. The van der Waals surface area contributed by atoms with Crippen LogP contribution in [0.2, 0.25) is 0 Å². The number of aliphatic hydroxyl groups is 1. The Morgan fingerprint density at radius 1 is 1.36 bits per heavy atom. The molecule has 0 saturated heterocycles. The zero-order valence-electron chi connectivity index (χ0n) is 8.01. The zero-order chi connectivity index (χ0) is 9.97. The van der Waals surface area contributed by atoms with E-state index in [0.29, 0.717) is 0 Å². The summed E-state index contributed by atoms with van der Waals surface area (Å²) in [4.78, 5) is 0. The number of aliphatic hydroxyl groups excluding tert-OH is 1. The maximum absolute atomic E-state index is 9.00. The Bertz CT molecular complexity index is 434. The summed E-state index contributed by atoms with van der Waals surface area (Å²) in [6.07, 6.45) is 1.76. The number of aryl methyl sites for hydroxylation is 1. The number of benzene rings is 1. The van der Waals surface area contributed by atoms with E-state index >= 15 is 0 Å². The minimum atomic E-state index is 0.0636. The normalized spacial score (nSPS) is 10.4. The van der Waals surface area contributed by atoms with E-state index in [4.69, 9.17) is 5.11 Å². The van der Waals surface area contributed by atoms with Crippen molar-refractivity contribution in [2.24, 2.45) is 0 Å². The second-order valence-electron chi connectivity index (χ2n) is 3.21. The number of aromatic nitrogens is 2. The molecule has 0 bridgehead atoms. The Morgan fingerprint density at radius 3 is 2.86 bits per heavy atom. The van der Waals surface area contributed by atoms with Crippen molar-refractivity contribution in [2.75, 3.05) is 0 Å². The van der Waals surface area contributed by atoms with E-state index in [9.17, 15) is 0 Å². The lowest BCUT2D eigenvalue weighted by Gasteiger charge is -2.05. The second kappa shape index (κ2) is 3.64. The number of rotatable bonds is 2. The van der Waals surface area contributed by atoms with Crippen LogP contribution in [0.4, 0.5) is 0 Å². The summed E-state index contributed by atoms with van der Waals surface area (Å²) in [6.45, 7) is 2.06. The molecule has 0 aliphatic rings. The minimum Gasteiger partial charge on any atom is -0.392 e. The smallest absolute Gasteiger partial charge is 0.0682 e. The summed E-state index contributed by atoms with van der Waals surface area (Å²) in [5.74, 6) is 0. The lowest BCUT2D eigenvalue weighted by atomic mass is 10.2. The first-order chi connectivity index (χ1) is 6.81. The molecular formula is C11H12N2O. The van der Waals surface area contributed by atoms with Crippen molar-refractivity contribution in [3.05, 3.63) is 47.8 Å². The van der Waals surface area contributed by atoms with E-state index in [-0.39, 0.29) is 6.61 Å². The van der Waals surface area contributed by atoms with Gasteiger partial charge in [0.25, 0.3) is 0 Å². The average molecular weight is 188 g/mol. The monoisotopic (exact) mass is 188 g/mol. The van der Waals surface area contributed by atoms with Crippen molar-refractivity contribution < 1.29 is 5.11 Å². The standard InChI is InChI=1S/C11H12N2O/c1-9-5-6-12-13(9)11-4-2-3-10(7-11)8-14/h2-7,14H,8H2,1H3. The third kappa shape index (κ3) is 1.54. The molecule has 1 aromatic carbocycles. The Kier molecular flexibility index (Phi) is 2.33. The number of nitrogens with zero attached hydrogens (tertiary/aromatic N) is 2. The van der Waals surface area contributed by atoms with Gasteiger partial charge in [-0.3, -0.25) is 0 Å². The number of hydrogen-bond acceptors (Lipinski definition) is 2. The van der Waals surface area contributed by atoms with Crippen molar-refractivity contribution in [3.63, 3.8) is 0 Å². The summed E-state index contributed by atoms with van der Waals surface area (Å²) in [5, 5.41) is 13.2. The lowest BCUT2D eigenvalue weighted by molar-refractivity contribution is 0.282. The quantitative estimate of drug-likeness (QED) is 0.778. The third-order valence-corrected chi connectivity index (χ3v) is 2.17. The topological polar surface area (TPSA) is 38.0 Å². The van der Waals surface area contributed by atoms with Crippen LogP contribution in [0.3, 0.4) is 0 Å². The van der Waals surface area contributed by atoms with Gasteiger partial charge in [-0.05, 0) is 30.7 Å². The fourth-order valence-corrected chi connectivity index (χ4v) is 1.43. The summed E-state index contributed by atoms with van der Waals surface area (Å²) in [6, 6.07) is 9.66. The van der Waals surface area contributed by atoms with Crippen LogP contribution in [-0.2, 0) is 6.61 Å². The molecule has 3 nitrogen and oxygen atoms in total. The van der Waals surface area contributed by atoms with Crippen LogP contribution in [0.15, 0.2) is 36.5 Å². The minimum absolute atomic E-state index is 0.0636. The highest BCUT2D eigenvalue weighted by Gasteiger charge is 2.00. The Labute approximate surface area is 82.6 Å². The van der Waals surface area contributed by atoms with Gasteiger partial charge in [0, 0.05) is 11.9 Å². The summed E-state index contributed by atoms with van der Waals surface area (Å²) < 4.78 is 1.85. The third-order valence-electron chi connectivity index (χ3n) is 2.17. The Morgan fingerprint density at radius 2 is 2.21 bits per heavy atom. The molecule has 1 aromatic heterocycles. The van der Waals surface area contributed by atoms with Crippen molar-refractivity contribution in [1.82, 2.24) is 9.78 Å². The van der Waals surface area contributed by atoms with Gasteiger partial charge >= 0.3 is 0 Å². The van der Waals surface area contributed by atoms with Crippen molar-refractivity contribution in [3.8, 4) is 5.69 Å². The largest absolute Gasteiger partial charge is 0.392 e. The zero-order valence-corrected chi connectivity index (χ0v) is 8.01. The average Bonchev–Trinajstić information content (AvgIpc) is 2.65. The fraction of sp³-hybridized carbons (Fsp3) is 0.182. The molecule has 1 heterocycles. The van der Waals surface area contributed by atoms with Crippen LogP contribution in [0, 0.1) is 6.92 Å². The molecule has 0 radical (unpaired) electrons. The van der Waals surface area contributed by atoms with Crippen LogP contribution < -0.4 is 0 Å². The van der Waals surface area contributed by atoms with Crippen LogP contribution in [0.5, 0.6) is 0 Å². The maximum atomic E-state index is 9.00. The van der Waals surface area contributed by atoms with Crippen LogP contribution in [0.1, 0.15) is 11.3 Å². The van der Waals surface area contributed by atoms with Gasteiger partial charge in [0.15, 0.2) is 0 Å². The molecule has 2 aromatic rings. The second-order valence-corrected chi connectivity index (χ2v) is 3.21. The molecule has 3 heteroatoms. The van der Waals surface area contributed by atoms with E-state index in [1.807, 2.05) is 41.9 Å². The van der Waals surface area contributed by atoms with E-state index < -0.39 is 0 Å². The molecule has 0 spiro atoms. The van der Waals surface area contributed by atoms with Gasteiger partial charge < -0.3 is 5.11 Å². The molecule has 0 aliphatic heterocycles. The summed E-state index contributed by atoms with van der Waals surface area (Å²) in [7, 11) is 0. The molecule has 0 atom stereocenters. The van der Waals surface area contributed by atoms with Crippen LogP contribution in [-0.4, -0.2) is 14.9 Å². The predicted molar refractivity (Wildman–Crippen MR) is 54.2 cm³/mol. The fourth-order valence-electron chi connectivity index (χ4n) is 1.43. The van der Waals surface area contributed by atoms with Gasteiger partial charge in [0.2, 0.25) is 0 Å². The van der Waals surface area contributed by atoms with Crippen molar-refractivity contribution in [2.45, 2.75) is 13.5 Å². The van der Waals surface area contributed by atoms with Gasteiger partial charge in [-0.1, -0.05) is 12.1 Å². The summed E-state index contributed by atoms with van der Waals surface area (Å²) >= 11 is 0. The van der Waals surface area contributed by atoms with E-state index in [2.05, 4.69) is 5.10 Å². The van der Waals surface area contributed by atoms with Gasteiger partial charge in [0.1, 0.15) is 0 Å². The molecular weight excluding hydrogens is 176 g/mol. The molecule has 0 aliphatic carbocycles. The van der Waals surface area contributed by atoms with Crippen LogP contribution in [0.25, 0.3) is 5.69 Å². The van der Waals surface area contributed by atoms with Crippen molar-refractivity contribution >= 4 is 0 Å². The lowest BCUT2D eigenvalue weighted by Crippen LogP contribution is -1.99.